The summed E-state index contributed by atoms with van der Waals surface area (Å²) in [6.45, 7) is 0. The lowest BCUT2D eigenvalue weighted by Crippen LogP contribution is -2.12. The molecule has 0 heterocycles. The van der Waals surface area contributed by atoms with Gasteiger partial charge in [-0.15, -0.1) is 0 Å². The van der Waals surface area contributed by atoms with E-state index in [0.29, 0.717) is 22.4 Å². The fraction of sp³-hybridized carbons (Fsp3) is 0.125. The molecule has 0 aromatic heterocycles. The number of nitrogen functional groups attached to an aromatic ring is 2. The van der Waals surface area contributed by atoms with Gasteiger partial charge in [-0.25, -0.2) is 0 Å². The van der Waals surface area contributed by atoms with E-state index in [1.54, 1.807) is 36.4 Å². The van der Waals surface area contributed by atoms with Crippen LogP contribution in [0.25, 0.3) is 11.1 Å². The molecule has 22 heavy (non-hydrogen) atoms. The predicted molar refractivity (Wildman–Crippen MR) is 83.4 cm³/mol. The average Bonchev–Trinajstić information content (AvgIpc) is 2.43. The molecule has 0 saturated heterocycles. The van der Waals surface area contributed by atoms with Gasteiger partial charge in [0.1, 0.15) is 0 Å². The molecule has 2 aromatic rings. The van der Waals surface area contributed by atoms with Gasteiger partial charge in [0.15, 0.2) is 0 Å². The summed E-state index contributed by atoms with van der Waals surface area (Å²) in [7, 11) is 0. The monoisotopic (exact) mass is 300 g/mol. The zero-order valence-corrected chi connectivity index (χ0v) is 11.7. The summed E-state index contributed by atoms with van der Waals surface area (Å²) in [5, 5.41) is 18.2. The second kappa shape index (κ2) is 6.17. The molecule has 0 saturated carbocycles. The zero-order valence-electron chi connectivity index (χ0n) is 11.7. The summed E-state index contributed by atoms with van der Waals surface area (Å²) in [6, 6.07) is 10.2. The van der Waals surface area contributed by atoms with Gasteiger partial charge >= 0.3 is 11.9 Å². The highest BCUT2D eigenvalue weighted by Crippen LogP contribution is 2.31. The van der Waals surface area contributed by atoms with E-state index in [1.165, 1.54) is 0 Å². The molecule has 0 aliphatic heterocycles. The van der Waals surface area contributed by atoms with Crippen LogP contribution in [0.1, 0.15) is 11.1 Å². The number of carboxylic acid groups (broad SMARTS) is 2. The van der Waals surface area contributed by atoms with E-state index in [2.05, 4.69) is 0 Å². The van der Waals surface area contributed by atoms with Crippen LogP contribution in [0.4, 0.5) is 11.4 Å². The number of carboxylic acids is 2. The van der Waals surface area contributed by atoms with Crippen LogP contribution < -0.4 is 11.5 Å². The Morgan fingerprint density at radius 1 is 0.818 bits per heavy atom. The van der Waals surface area contributed by atoms with E-state index in [4.69, 9.17) is 21.7 Å². The van der Waals surface area contributed by atoms with Crippen molar-refractivity contribution in [3.63, 3.8) is 0 Å². The number of nitrogens with two attached hydrogens (primary N) is 2. The molecule has 0 bridgehead atoms. The van der Waals surface area contributed by atoms with Gasteiger partial charge in [-0.1, -0.05) is 18.2 Å². The van der Waals surface area contributed by atoms with Crippen LogP contribution in [-0.2, 0) is 22.4 Å². The number of aliphatic carboxylic acids is 2. The molecular weight excluding hydrogens is 284 g/mol. The molecule has 0 aliphatic rings. The van der Waals surface area contributed by atoms with Gasteiger partial charge < -0.3 is 21.7 Å². The first kappa shape index (κ1) is 15.4. The predicted octanol–water partition coefficient (Wildman–Crippen LogP) is 1.77. The SMILES string of the molecule is Nc1ccc(-c2ccc(N)c(CC(=O)O)c2CC(=O)O)cc1. The molecule has 0 spiro atoms. The fourth-order valence-electron chi connectivity index (χ4n) is 2.36. The number of carbonyl (C=O) groups is 2. The van der Waals surface area contributed by atoms with Crippen molar-refractivity contribution < 1.29 is 19.8 Å². The molecule has 0 aliphatic carbocycles. The van der Waals surface area contributed by atoms with Gasteiger partial charge in [0.25, 0.3) is 0 Å². The Morgan fingerprint density at radius 2 is 1.36 bits per heavy atom. The third-order valence-corrected chi connectivity index (χ3v) is 3.35. The number of rotatable bonds is 5. The van der Waals surface area contributed by atoms with Crippen LogP contribution in [0.2, 0.25) is 0 Å². The normalized spacial score (nSPS) is 10.4. The molecule has 0 fully saturated rings. The van der Waals surface area contributed by atoms with Crippen LogP contribution in [0.15, 0.2) is 36.4 Å². The molecule has 2 aromatic carbocycles. The lowest BCUT2D eigenvalue weighted by molar-refractivity contribution is -0.137. The van der Waals surface area contributed by atoms with E-state index >= 15 is 0 Å². The first-order valence-corrected chi connectivity index (χ1v) is 6.58. The molecule has 6 nitrogen and oxygen atoms in total. The molecule has 6 heteroatoms. The maximum Gasteiger partial charge on any atom is 0.307 e. The first-order chi connectivity index (χ1) is 10.4. The van der Waals surface area contributed by atoms with Gasteiger partial charge in [0.05, 0.1) is 12.8 Å². The average molecular weight is 300 g/mol. The van der Waals surface area contributed by atoms with Gasteiger partial charge in [-0.05, 0) is 40.5 Å². The summed E-state index contributed by atoms with van der Waals surface area (Å²) in [6.07, 6.45) is -0.620. The summed E-state index contributed by atoms with van der Waals surface area (Å²) >= 11 is 0. The Labute approximate surface area is 127 Å². The van der Waals surface area contributed by atoms with Crippen molar-refractivity contribution >= 4 is 23.3 Å². The van der Waals surface area contributed by atoms with Crippen LogP contribution >= 0.6 is 0 Å². The molecule has 114 valence electrons. The van der Waals surface area contributed by atoms with Gasteiger partial charge in [-0.3, -0.25) is 9.59 Å². The topological polar surface area (TPSA) is 127 Å². The molecule has 6 N–H and O–H groups in total. The molecule has 2 rings (SSSR count). The van der Waals surface area contributed by atoms with E-state index < -0.39 is 11.9 Å². The highest BCUT2D eigenvalue weighted by Gasteiger charge is 2.18. The first-order valence-electron chi connectivity index (χ1n) is 6.58. The highest BCUT2D eigenvalue weighted by molar-refractivity contribution is 5.83. The van der Waals surface area contributed by atoms with E-state index in [9.17, 15) is 9.59 Å². The summed E-state index contributed by atoms with van der Waals surface area (Å²) in [5.41, 5.74) is 14.5. The molecule has 0 atom stereocenters. The van der Waals surface area contributed by atoms with Gasteiger partial charge in [-0.2, -0.15) is 0 Å². The lowest BCUT2D eigenvalue weighted by Gasteiger charge is -2.15. The second-order valence-electron chi connectivity index (χ2n) is 4.92. The Hall–Kier alpha value is -3.02. The highest BCUT2D eigenvalue weighted by atomic mass is 16.4. The maximum absolute atomic E-state index is 11.1. The van der Waals surface area contributed by atoms with E-state index in [1.807, 2.05) is 0 Å². The maximum atomic E-state index is 11.1. The quantitative estimate of drug-likeness (QED) is 0.623. The largest absolute Gasteiger partial charge is 0.481 e. The summed E-state index contributed by atoms with van der Waals surface area (Å²) in [4.78, 5) is 22.2. The van der Waals surface area contributed by atoms with Crippen LogP contribution in [-0.4, -0.2) is 22.2 Å². The van der Waals surface area contributed by atoms with Crippen LogP contribution in [0.3, 0.4) is 0 Å². The van der Waals surface area contributed by atoms with Crippen molar-refractivity contribution in [2.75, 3.05) is 11.5 Å². The minimum absolute atomic E-state index is 0.276. The van der Waals surface area contributed by atoms with Crippen molar-refractivity contribution in [2.45, 2.75) is 12.8 Å². The minimum atomic E-state index is -1.06. The van der Waals surface area contributed by atoms with E-state index in [-0.39, 0.29) is 18.5 Å². The number of anilines is 2. The third-order valence-electron chi connectivity index (χ3n) is 3.35. The Kier molecular flexibility index (Phi) is 4.31. The van der Waals surface area contributed by atoms with Crippen molar-refractivity contribution in [1.82, 2.24) is 0 Å². The molecular formula is C16H16N2O4. The summed E-state index contributed by atoms with van der Waals surface area (Å²) in [5.74, 6) is -2.11. The lowest BCUT2D eigenvalue weighted by atomic mass is 9.90. The third kappa shape index (κ3) is 3.35. The number of benzene rings is 2. The van der Waals surface area contributed by atoms with Crippen molar-refractivity contribution in [1.29, 1.82) is 0 Å². The van der Waals surface area contributed by atoms with Crippen molar-refractivity contribution in [3.8, 4) is 11.1 Å². The van der Waals surface area contributed by atoms with E-state index in [0.717, 1.165) is 5.56 Å². The zero-order chi connectivity index (χ0) is 16.3. The Balaban J connectivity index is 2.64. The Bertz CT molecular complexity index is 724. The fourth-order valence-corrected chi connectivity index (χ4v) is 2.36. The van der Waals surface area contributed by atoms with Crippen LogP contribution in [0.5, 0.6) is 0 Å². The van der Waals surface area contributed by atoms with Crippen LogP contribution in [0, 0.1) is 0 Å². The van der Waals surface area contributed by atoms with Gasteiger partial charge in [0, 0.05) is 11.4 Å². The van der Waals surface area contributed by atoms with Crippen molar-refractivity contribution in [2.24, 2.45) is 0 Å². The standard InChI is InChI=1S/C16H16N2O4/c17-10-3-1-9(2-4-10)11-5-6-14(18)13(8-16(21)22)12(11)7-15(19)20/h1-6H,7-8,17-18H2,(H,19,20)(H,21,22). The summed E-state index contributed by atoms with van der Waals surface area (Å²) < 4.78 is 0. The second-order valence-corrected chi connectivity index (χ2v) is 4.92. The number of hydrogen-bond acceptors (Lipinski definition) is 4. The Morgan fingerprint density at radius 3 is 1.91 bits per heavy atom. The minimum Gasteiger partial charge on any atom is -0.481 e. The van der Waals surface area contributed by atoms with Crippen molar-refractivity contribution in [3.05, 3.63) is 47.5 Å². The molecule has 0 radical (unpaired) electrons. The number of hydrogen-bond donors (Lipinski definition) is 4. The molecule has 0 amide bonds. The van der Waals surface area contributed by atoms with Gasteiger partial charge in [0.2, 0.25) is 0 Å². The molecule has 0 unspecified atom stereocenters. The smallest absolute Gasteiger partial charge is 0.307 e.